The zero-order chi connectivity index (χ0) is 17.5. The molecular formula is C16H28N2O4S. The Morgan fingerprint density at radius 3 is 2.30 bits per heavy atom. The molecule has 0 bridgehead atoms. The molecule has 0 aromatic rings. The third kappa shape index (κ3) is 4.53. The molecule has 6 nitrogen and oxygen atoms in total. The van der Waals surface area contributed by atoms with Crippen LogP contribution in [0.1, 0.15) is 41.0 Å². The number of thioether (sulfide) groups is 1. The first kappa shape index (κ1) is 18.4. The van der Waals surface area contributed by atoms with Crippen LogP contribution in [0.15, 0.2) is 0 Å². The summed E-state index contributed by atoms with van der Waals surface area (Å²) in [5.74, 6) is 0.172. The molecule has 2 heterocycles. The number of carboxylic acids is 1. The van der Waals surface area contributed by atoms with Gasteiger partial charge in [-0.15, -0.1) is 0 Å². The highest BCUT2D eigenvalue weighted by Crippen LogP contribution is 2.39. The molecule has 2 rings (SSSR count). The van der Waals surface area contributed by atoms with Gasteiger partial charge in [-0.05, 0) is 34.6 Å². The summed E-state index contributed by atoms with van der Waals surface area (Å²) in [7, 11) is 0. The van der Waals surface area contributed by atoms with E-state index in [1.54, 1.807) is 4.90 Å². The van der Waals surface area contributed by atoms with E-state index in [1.165, 1.54) is 0 Å². The van der Waals surface area contributed by atoms with Gasteiger partial charge in [0.2, 0.25) is 0 Å². The molecule has 0 aromatic heterocycles. The Bertz CT molecular complexity index is 481. The van der Waals surface area contributed by atoms with E-state index in [2.05, 4.69) is 18.7 Å². The molecule has 0 spiro atoms. The highest BCUT2D eigenvalue weighted by atomic mass is 32.2. The lowest BCUT2D eigenvalue weighted by Crippen LogP contribution is -2.74. The Morgan fingerprint density at radius 2 is 1.83 bits per heavy atom. The number of hydrogen-bond donors (Lipinski definition) is 1. The lowest BCUT2D eigenvalue weighted by Gasteiger charge is -2.57. The van der Waals surface area contributed by atoms with E-state index in [1.807, 2.05) is 32.5 Å². The monoisotopic (exact) mass is 344 g/mol. The van der Waals surface area contributed by atoms with Crippen LogP contribution >= 0.6 is 11.8 Å². The number of carboxylic acid groups (broad SMARTS) is 1. The Kier molecular flexibility index (Phi) is 4.93. The van der Waals surface area contributed by atoms with Gasteiger partial charge in [-0.25, -0.2) is 4.79 Å². The number of carbonyl (C=O) groups excluding carboxylic acids is 1. The van der Waals surface area contributed by atoms with Gasteiger partial charge in [0.25, 0.3) is 0 Å². The summed E-state index contributed by atoms with van der Waals surface area (Å²) in [6, 6.07) is 0. The van der Waals surface area contributed by atoms with Gasteiger partial charge in [0, 0.05) is 36.7 Å². The number of nitrogens with zero attached hydrogens (tertiary/aromatic N) is 2. The van der Waals surface area contributed by atoms with Gasteiger partial charge in [0.1, 0.15) is 5.60 Å². The van der Waals surface area contributed by atoms with Crippen LogP contribution in [0.4, 0.5) is 4.79 Å². The Balaban J connectivity index is 2.06. The summed E-state index contributed by atoms with van der Waals surface area (Å²) in [4.78, 5) is 27.4. The Morgan fingerprint density at radius 1 is 1.22 bits per heavy atom. The summed E-state index contributed by atoms with van der Waals surface area (Å²) in [6.45, 7) is 12.4. The summed E-state index contributed by atoms with van der Waals surface area (Å²) in [5.41, 5.74) is -0.993. The summed E-state index contributed by atoms with van der Waals surface area (Å²) in [6.07, 6.45) is -0.295. The molecule has 1 amide bonds. The van der Waals surface area contributed by atoms with Crippen molar-refractivity contribution in [3.8, 4) is 0 Å². The van der Waals surface area contributed by atoms with Crippen molar-refractivity contribution in [2.24, 2.45) is 0 Å². The second-order valence-corrected chi connectivity index (χ2v) is 9.96. The predicted molar refractivity (Wildman–Crippen MR) is 90.9 cm³/mol. The first-order chi connectivity index (χ1) is 10.4. The van der Waals surface area contributed by atoms with E-state index in [4.69, 9.17) is 4.74 Å². The fourth-order valence-corrected chi connectivity index (χ4v) is 4.36. The van der Waals surface area contributed by atoms with Crippen LogP contribution in [0.2, 0.25) is 0 Å². The molecule has 2 fully saturated rings. The Hall–Kier alpha value is -0.950. The van der Waals surface area contributed by atoms with Crippen LogP contribution in [0, 0.1) is 0 Å². The average Bonchev–Trinajstić information content (AvgIpc) is 2.29. The molecule has 0 radical (unpaired) electrons. The minimum Gasteiger partial charge on any atom is -0.481 e. The van der Waals surface area contributed by atoms with Crippen molar-refractivity contribution in [1.29, 1.82) is 0 Å². The molecule has 0 aliphatic carbocycles. The van der Waals surface area contributed by atoms with Gasteiger partial charge >= 0.3 is 12.1 Å². The molecule has 0 unspecified atom stereocenters. The molecular weight excluding hydrogens is 316 g/mol. The molecule has 2 saturated heterocycles. The summed E-state index contributed by atoms with van der Waals surface area (Å²) < 4.78 is 5.49. The molecule has 0 aromatic carbocycles. The second-order valence-electron chi connectivity index (χ2n) is 8.16. The normalized spacial score (nSPS) is 24.0. The van der Waals surface area contributed by atoms with Crippen LogP contribution in [0.5, 0.6) is 0 Å². The van der Waals surface area contributed by atoms with Crippen molar-refractivity contribution in [3.05, 3.63) is 0 Å². The Labute approximate surface area is 142 Å². The van der Waals surface area contributed by atoms with Gasteiger partial charge in [-0.2, -0.15) is 11.8 Å². The molecule has 7 heteroatoms. The highest BCUT2D eigenvalue weighted by molar-refractivity contribution is 8.00. The van der Waals surface area contributed by atoms with Crippen LogP contribution < -0.4 is 0 Å². The first-order valence-corrected chi connectivity index (χ1v) is 9.00. The smallest absolute Gasteiger partial charge is 0.410 e. The number of rotatable bonds is 3. The molecule has 1 N–H and O–H groups in total. The van der Waals surface area contributed by atoms with Gasteiger partial charge in [-0.1, -0.05) is 0 Å². The van der Waals surface area contributed by atoms with Crippen LogP contribution in [-0.4, -0.2) is 74.8 Å². The maximum absolute atomic E-state index is 12.2. The number of hydrogen-bond acceptors (Lipinski definition) is 5. The molecule has 132 valence electrons. The minimum absolute atomic E-state index is 0.0625. The van der Waals surface area contributed by atoms with Crippen LogP contribution in [0.3, 0.4) is 0 Å². The largest absolute Gasteiger partial charge is 0.481 e. The second kappa shape index (κ2) is 6.16. The molecule has 23 heavy (non-hydrogen) atoms. The van der Waals surface area contributed by atoms with E-state index < -0.39 is 17.1 Å². The zero-order valence-electron chi connectivity index (χ0n) is 14.7. The van der Waals surface area contributed by atoms with E-state index >= 15 is 0 Å². The van der Waals surface area contributed by atoms with E-state index in [-0.39, 0.29) is 17.3 Å². The van der Waals surface area contributed by atoms with Gasteiger partial charge in [0.05, 0.1) is 12.0 Å². The van der Waals surface area contributed by atoms with Crippen molar-refractivity contribution in [3.63, 3.8) is 0 Å². The van der Waals surface area contributed by atoms with Crippen LogP contribution in [-0.2, 0) is 9.53 Å². The standard InChI is InChI=1S/C16H28N2O4S/c1-14(2,3)22-13(21)17-10-16(11-17,8-12(19)20)18-6-7-23-15(4,5)9-18/h6-11H2,1-5H3,(H,19,20). The summed E-state index contributed by atoms with van der Waals surface area (Å²) >= 11 is 1.91. The number of amides is 1. The third-order valence-corrected chi connectivity index (χ3v) is 5.50. The van der Waals surface area contributed by atoms with Crippen LogP contribution in [0.25, 0.3) is 0 Å². The maximum atomic E-state index is 12.2. The SMILES string of the molecule is CC(C)(C)OC(=O)N1CC(CC(=O)O)(N2CCSC(C)(C)C2)C1. The maximum Gasteiger partial charge on any atom is 0.410 e. The lowest BCUT2D eigenvalue weighted by molar-refractivity contribution is -0.146. The lowest BCUT2D eigenvalue weighted by atomic mass is 9.83. The molecule has 2 aliphatic rings. The number of carbonyl (C=O) groups is 2. The fraction of sp³-hybridized carbons (Fsp3) is 0.875. The zero-order valence-corrected chi connectivity index (χ0v) is 15.5. The predicted octanol–water partition coefficient (Wildman–Crippen LogP) is 2.28. The van der Waals surface area contributed by atoms with Gasteiger partial charge in [-0.3, -0.25) is 9.69 Å². The molecule has 2 aliphatic heterocycles. The average molecular weight is 344 g/mol. The highest BCUT2D eigenvalue weighted by Gasteiger charge is 2.53. The van der Waals surface area contributed by atoms with E-state index in [0.717, 1.165) is 18.8 Å². The molecule has 0 atom stereocenters. The van der Waals surface area contributed by atoms with Crippen molar-refractivity contribution in [2.45, 2.75) is 56.9 Å². The third-order valence-electron chi connectivity index (χ3n) is 4.20. The van der Waals surface area contributed by atoms with E-state index in [9.17, 15) is 14.7 Å². The van der Waals surface area contributed by atoms with Crippen molar-refractivity contribution in [2.75, 3.05) is 31.9 Å². The quantitative estimate of drug-likeness (QED) is 0.847. The minimum atomic E-state index is -0.815. The van der Waals surface area contributed by atoms with Crippen molar-refractivity contribution < 1.29 is 19.4 Å². The number of likely N-dealkylation sites (tertiary alicyclic amines) is 1. The molecule has 0 saturated carbocycles. The van der Waals surface area contributed by atoms with E-state index in [0.29, 0.717) is 13.1 Å². The van der Waals surface area contributed by atoms with Crippen molar-refractivity contribution in [1.82, 2.24) is 9.80 Å². The topological polar surface area (TPSA) is 70.1 Å². The van der Waals surface area contributed by atoms with Crippen molar-refractivity contribution >= 4 is 23.8 Å². The number of aliphatic carboxylic acids is 1. The van der Waals surface area contributed by atoms with Gasteiger partial charge < -0.3 is 14.7 Å². The fourth-order valence-electron chi connectivity index (χ4n) is 3.25. The number of ether oxygens (including phenoxy) is 1. The van der Waals surface area contributed by atoms with Gasteiger partial charge in [0.15, 0.2) is 0 Å². The summed E-state index contributed by atoms with van der Waals surface area (Å²) in [5, 5.41) is 9.32. The first-order valence-electron chi connectivity index (χ1n) is 8.01.